The highest BCUT2D eigenvalue weighted by molar-refractivity contribution is 9.09. The van der Waals surface area contributed by atoms with Crippen LogP contribution < -0.4 is 0 Å². The molecule has 28 heavy (non-hydrogen) atoms. The Morgan fingerprint density at radius 3 is 1.75 bits per heavy atom. The summed E-state index contributed by atoms with van der Waals surface area (Å²) in [4.78, 5) is 2.59. The highest BCUT2D eigenvalue weighted by Crippen LogP contribution is 2.15. The summed E-state index contributed by atoms with van der Waals surface area (Å²) in [5.41, 5.74) is 2.56. The van der Waals surface area contributed by atoms with Crippen LogP contribution in [0.5, 0.6) is 0 Å². The van der Waals surface area contributed by atoms with E-state index >= 15 is 0 Å². The van der Waals surface area contributed by atoms with E-state index < -0.39 is 0 Å². The summed E-state index contributed by atoms with van der Waals surface area (Å²) in [5.74, 6) is 0. The smallest absolute Gasteiger partial charge is 0.0506 e. The molecule has 0 saturated carbocycles. The van der Waals surface area contributed by atoms with Crippen molar-refractivity contribution >= 4 is 39.5 Å². The van der Waals surface area contributed by atoms with Gasteiger partial charge in [-0.2, -0.15) is 0 Å². The van der Waals surface area contributed by atoms with E-state index in [0.717, 1.165) is 31.4 Å². The summed E-state index contributed by atoms with van der Waals surface area (Å²) in [6.07, 6.45) is 9.62. The fraction of sp³-hybridized carbons (Fsp3) is 0.478. The predicted molar refractivity (Wildman–Crippen MR) is 129 cm³/mol. The zero-order valence-electron chi connectivity index (χ0n) is 17.0. The van der Waals surface area contributed by atoms with Crippen molar-refractivity contribution in [1.82, 2.24) is 0 Å². The number of unbranched alkanes of at least 4 members (excludes halogenated alkanes) is 2. The molecule has 0 fully saturated rings. The van der Waals surface area contributed by atoms with Gasteiger partial charge in [-0.25, -0.2) is 0 Å². The molecule has 156 valence electrons. The molecule has 0 unspecified atom stereocenters. The number of aliphatic hydroxyl groups is 1. The first-order valence-corrected chi connectivity index (χ1v) is 13.3. The van der Waals surface area contributed by atoms with Gasteiger partial charge in [0, 0.05) is 28.3 Å². The van der Waals surface area contributed by atoms with E-state index in [1.807, 2.05) is 0 Å². The second-order valence-corrected chi connectivity index (χ2v) is 8.83. The molecule has 5 heteroatoms. The van der Waals surface area contributed by atoms with Crippen molar-refractivity contribution in [2.45, 2.75) is 41.9 Å². The number of halogens is 1. The Hall–Kier alpha value is -0.460. The van der Waals surface area contributed by atoms with Gasteiger partial charge in [0.25, 0.3) is 0 Å². The zero-order valence-corrected chi connectivity index (χ0v) is 20.3. The molecule has 0 spiro atoms. The standard InChI is InChI=1S/C14H21BrOS.C9H12OS/c1-17-14-7-5-13(6-8-14)9-12-16-11-4-2-3-10-15;1-11-9-4-2-8(3-5-9)6-7-10/h5-8H,2-4,9-12H2,1H3;2-5,10H,6-7H2,1H3. The summed E-state index contributed by atoms with van der Waals surface area (Å²) in [6, 6.07) is 17.0. The Kier molecular flexibility index (Phi) is 15.9. The van der Waals surface area contributed by atoms with Gasteiger partial charge in [-0.1, -0.05) is 46.6 Å². The van der Waals surface area contributed by atoms with E-state index in [1.54, 1.807) is 23.5 Å². The van der Waals surface area contributed by atoms with Crippen molar-refractivity contribution in [2.24, 2.45) is 0 Å². The van der Waals surface area contributed by atoms with Crippen LogP contribution in [0.3, 0.4) is 0 Å². The van der Waals surface area contributed by atoms with Crippen molar-refractivity contribution in [2.75, 3.05) is 37.7 Å². The van der Waals surface area contributed by atoms with Gasteiger partial charge in [0.1, 0.15) is 0 Å². The van der Waals surface area contributed by atoms with E-state index in [9.17, 15) is 0 Å². The molecular weight excluding hydrogens is 452 g/mol. The van der Waals surface area contributed by atoms with Gasteiger partial charge in [-0.15, -0.1) is 23.5 Å². The molecule has 2 rings (SSSR count). The topological polar surface area (TPSA) is 29.5 Å². The van der Waals surface area contributed by atoms with Gasteiger partial charge in [0.05, 0.1) is 6.61 Å². The van der Waals surface area contributed by atoms with Crippen LogP contribution >= 0.6 is 39.5 Å². The number of alkyl halides is 1. The first kappa shape index (κ1) is 25.6. The second-order valence-electron chi connectivity index (χ2n) is 6.28. The van der Waals surface area contributed by atoms with E-state index in [1.165, 1.54) is 40.2 Å². The molecule has 0 aliphatic rings. The first-order valence-electron chi connectivity index (χ1n) is 9.74. The Labute approximate surface area is 188 Å². The lowest BCUT2D eigenvalue weighted by atomic mass is 10.2. The lowest BCUT2D eigenvalue weighted by Gasteiger charge is -2.05. The molecule has 2 nitrogen and oxygen atoms in total. The normalized spacial score (nSPS) is 10.4. The van der Waals surface area contributed by atoms with Gasteiger partial charge in [0.2, 0.25) is 0 Å². The number of thioether (sulfide) groups is 2. The largest absolute Gasteiger partial charge is 0.396 e. The van der Waals surface area contributed by atoms with Crippen LogP contribution in [0.25, 0.3) is 0 Å². The molecule has 2 aromatic rings. The van der Waals surface area contributed by atoms with Crippen molar-refractivity contribution in [3.8, 4) is 0 Å². The number of aliphatic hydroxyl groups excluding tert-OH is 1. The third-order valence-electron chi connectivity index (χ3n) is 4.18. The molecule has 0 heterocycles. The molecule has 0 radical (unpaired) electrons. The van der Waals surface area contributed by atoms with Crippen LogP contribution in [-0.4, -0.2) is 42.8 Å². The lowest BCUT2D eigenvalue weighted by Crippen LogP contribution is -2.00. The molecule has 2 aromatic carbocycles. The number of rotatable bonds is 12. The van der Waals surface area contributed by atoms with Crippen LogP contribution in [-0.2, 0) is 17.6 Å². The molecule has 0 amide bonds. The van der Waals surface area contributed by atoms with Crippen molar-refractivity contribution in [3.05, 3.63) is 59.7 Å². The average molecular weight is 486 g/mol. The molecular formula is C23H33BrO2S2. The Balaban J connectivity index is 0.000000307. The SMILES string of the molecule is CSc1ccc(CCO)cc1.CSc1ccc(CCOCCCCCBr)cc1. The van der Waals surface area contributed by atoms with Crippen LogP contribution in [0.2, 0.25) is 0 Å². The van der Waals surface area contributed by atoms with Gasteiger partial charge in [-0.05, 0) is 73.6 Å². The van der Waals surface area contributed by atoms with Gasteiger partial charge >= 0.3 is 0 Å². The van der Waals surface area contributed by atoms with E-state index in [0.29, 0.717) is 0 Å². The third kappa shape index (κ3) is 12.2. The van der Waals surface area contributed by atoms with Crippen molar-refractivity contribution in [3.63, 3.8) is 0 Å². The van der Waals surface area contributed by atoms with Crippen LogP contribution in [0, 0.1) is 0 Å². The number of ether oxygens (including phenoxy) is 1. The highest BCUT2D eigenvalue weighted by Gasteiger charge is 1.95. The quantitative estimate of drug-likeness (QED) is 0.212. The predicted octanol–water partition coefficient (Wildman–Crippen LogP) is 6.48. The molecule has 0 aliphatic heterocycles. The van der Waals surface area contributed by atoms with Crippen LogP contribution in [0.1, 0.15) is 30.4 Å². The number of hydrogen-bond donors (Lipinski definition) is 1. The molecule has 1 N–H and O–H groups in total. The minimum atomic E-state index is 0.235. The fourth-order valence-corrected chi connectivity index (χ4v) is 3.69. The molecule has 0 bridgehead atoms. The van der Waals surface area contributed by atoms with E-state index in [2.05, 4.69) is 77.0 Å². The zero-order chi connectivity index (χ0) is 20.5. The minimum Gasteiger partial charge on any atom is -0.396 e. The van der Waals surface area contributed by atoms with E-state index in [-0.39, 0.29) is 6.61 Å². The first-order chi connectivity index (χ1) is 13.7. The minimum absolute atomic E-state index is 0.235. The van der Waals surface area contributed by atoms with E-state index in [4.69, 9.17) is 9.84 Å². The Morgan fingerprint density at radius 1 is 0.750 bits per heavy atom. The number of hydrogen-bond acceptors (Lipinski definition) is 4. The highest BCUT2D eigenvalue weighted by atomic mass is 79.9. The molecule has 0 aliphatic carbocycles. The van der Waals surface area contributed by atoms with Crippen LogP contribution in [0.4, 0.5) is 0 Å². The molecule has 0 saturated heterocycles. The monoisotopic (exact) mass is 484 g/mol. The van der Waals surface area contributed by atoms with Crippen molar-refractivity contribution in [1.29, 1.82) is 0 Å². The van der Waals surface area contributed by atoms with Gasteiger partial charge < -0.3 is 9.84 Å². The molecule has 0 aromatic heterocycles. The Bertz CT molecular complexity index is 603. The molecule has 0 atom stereocenters. The van der Waals surface area contributed by atoms with Crippen LogP contribution in [0.15, 0.2) is 58.3 Å². The maximum Gasteiger partial charge on any atom is 0.0506 e. The maximum atomic E-state index is 8.64. The summed E-state index contributed by atoms with van der Waals surface area (Å²) in [5, 5.41) is 9.75. The second kappa shape index (κ2) is 17.4. The lowest BCUT2D eigenvalue weighted by molar-refractivity contribution is 0.133. The third-order valence-corrected chi connectivity index (χ3v) is 6.22. The van der Waals surface area contributed by atoms with Gasteiger partial charge in [0.15, 0.2) is 0 Å². The van der Waals surface area contributed by atoms with Gasteiger partial charge in [-0.3, -0.25) is 0 Å². The summed E-state index contributed by atoms with van der Waals surface area (Å²) >= 11 is 6.95. The van der Waals surface area contributed by atoms with Crippen molar-refractivity contribution < 1.29 is 9.84 Å². The Morgan fingerprint density at radius 2 is 1.29 bits per heavy atom. The fourth-order valence-electron chi connectivity index (χ4n) is 2.48. The average Bonchev–Trinajstić information content (AvgIpc) is 2.75. The summed E-state index contributed by atoms with van der Waals surface area (Å²) in [7, 11) is 0. The number of benzene rings is 2. The maximum absolute atomic E-state index is 8.64. The summed E-state index contributed by atoms with van der Waals surface area (Å²) in [6.45, 7) is 1.97. The summed E-state index contributed by atoms with van der Waals surface area (Å²) < 4.78 is 5.62.